The van der Waals surface area contributed by atoms with Gasteiger partial charge in [0.1, 0.15) is 5.56 Å². The van der Waals surface area contributed by atoms with Gasteiger partial charge in [-0.1, -0.05) is 6.92 Å². The summed E-state index contributed by atoms with van der Waals surface area (Å²) in [7, 11) is 0. The Bertz CT molecular complexity index is 975. The summed E-state index contributed by atoms with van der Waals surface area (Å²) < 4.78 is 0. The molecular weight excluding hydrogens is 362 g/mol. The summed E-state index contributed by atoms with van der Waals surface area (Å²) in [5.41, 5.74) is 8.32. The van der Waals surface area contributed by atoms with E-state index in [9.17, 15) is 14.4 Å². The van der Waals surface area contributed by atoms with Crippen molar-refractivity contribution in [3.63, 3.8) is 0 Å². The highest BCUT2D eigenvalue weighted by Gasteiger charge is 2.28. The molecule has 0 radical (unpaired) electrons. The minimum Gasteiger partial charge on any atom is -0.365 e. The Balaban J connectivity index is 1.61. The van der Waals surface area contributed by atoms with Crippen molar-refractivity contribution in [2.45, 2.75) is 51.5 Å². The van der Waals surface area contributed by atoms with E-state index >= 15 is 0 Å². The molecule has 2 amide bonds. The first-order valence-corrected chi connectivity index (χ1v) is 10.3. The van der Waals surface area contributed by atoms with E-state index in [2.05, 4.69) is 17.2 Å². The third-order valence-electron chi connectivity index (χ3n) is 5.67. The van der Waals surface area contributed by atoms with E-state index in [-0.39, 0.29) is 17.5 Å². The molecule has 0 spiro atoms. The van der Waals surface area contributed by atoms with Crippen LogP contribution in [0.25, 0.3) is 0 Å². The number of amides is 2. The Labute approximate surface area is 161 Å². The van der Waals surface area contributed by atoms with Gasteiger partial charge >= 0.3 is 0 Å². The van der Waals surface area contributed by atoms with Gasteiger partial charge in [-0.25, -0.2) is 0 Å². The summed E-state index contributed by atoms with van der Waals surface area (Å²) in [6.45, 7) is 2.25. The van der Waals surface area contributed by atoms with Crippen LogP contribution in [-0.4, -0.2) is 16.8 Å². The van der Waals surface area contributed by atoms with Gasteiger partial charge in [-0.3, -0.25) is 14.4 Å². The normalized spacial score (nSPS) is 21.2. The maximum Gasteiger partial charge on any atom is 0.261 e. The number of H-pyrrole nitrogens is 1. The lowest BCUT2D eigenvalue weighted by atomic mass is 9.87. The number of aromatic amines is 1. The maximum absolute atomic E-state index is 13.0. The summed E-state index contributed by atoms with van der Waals surface area (Å²) in [5.74, 6) is -0.163. The Morgan fingerprint density at radius 3 is 2.85 bits per heavy atom. The van der Waals surface area contributed by atoms with E-state index in [4.69, 9.17) is 5.73 Å². The van der Waals surface area contributed by atoms with Gasteiger partial charge in [-0.15, -0.1) is 11.3 Å². The average molecular weight is 385 g/mol. The molecule has 0 bridgehead atoms. The molecule has 0 aromatic carbocycles. The fraction of sp³-hybridized carbons (Fsp3) is 0.450. The molecule has 0 aliphatic heterocycles. The molecule has 2 heterocycles. The molecule has 0 saturated heterocycles. The number of carbonyl (C=O) groups excluding carboxylic acids is 2. The fourth-order valence-corrected chi connectivity index (χ4v) is 5.42. The van der Waals surface area contributed by atoms with Crippen molar-refractivity contribution in [1.29, 1.82) is 0 Å². The van der Waals surface area contributed by atoms with Crippen molar-refractivity contribution in [3.8, 4) is 0 Å². The largest absolute Gasteiger partial charge is 0.365 e. The number of thiophene rings is 1. The molecule has 0 fully saturated rings. The second-order valence-corrected chi connectivity index (χ2v) is 8.59. The van der Waals surface area contributed by atoms with E-state index in [1.165, 1.54) is 10.4 Å². The van der Waals surface area contributed by atoms with Crippen LogP contribution >= 0.6 is 11.3 Å². The van der Waals surface area contributed by atoms with Gasteiger partial charge in [0.15, 0.2) is 0 Å². The summed E-state index contributed by atoms with van der Waals surface area (Å²) >= 11 is 1.67. The Kier molecular flexibility index (Phi) is 4.63. The molecule has 2 atom stereocenters. The van der Waals surface area contributed by atoms with E-state index in [1.54, 1.807) is 17.4 Å². The minimum absolute atomic E-state index is 0.0585. The van der Waals surface area contributed by atoms with Crippen LogP contribution in [0.1, 0.15) is 74.6 Å². The Hall–Kier alpha value is -2.41. The highest BCUT2D eigenvalue weighted by molar-refractivity contribution is 7.10. The van der Waals surface area contributed by atoms with Crippen molar-refractivity contribution in [2.24, 2.45) is 11.7 Å². The van der Waals surface area contributed by atoms with Crippen LogP contribution in [0, 0.1) is 5.92 Å². The number of pyridine rings is 1. The zero-order valence-corrected chi connectivity index (χ0v) is 16.1. The first-order chi connectivity index (χ1) is 12.9. The number of nitrogens with two attached hydrogens (primary N) is 1. The molecule has 6 nitrogen and oxygen atoms in total. The van der Waals surface area contributed by atoms with Crippen LogP contribution in [0.5, 0.6) is 0 Å². The molecule has 2 aliphatic carbocycles. The van der Waals surface area contributed by atoms with E-state index < -0.39 is 11.5 Å². The maximum atomic E-state index is 13.0. The Morgan fingerprint density at radius 2 is 2.07 bits per heavy atom. The summed E-state index contributed by atoms with van der Waals surface area (Å²) in [6, 6.07) is 1.32. The van der Waals surface area contributed by atoms with Gasteiger partial charge < -0.3 is 16.0 Å². The van der Waals surface area contributed by atoms with Crippen molar-refractivity contribution >= 4 is 23.2 Å². The second kappa shape index (κ2) is 6.96. The van der Waals surface area contributed by atoms with Crippen molar-refractivity contribution in [2.75, 3.05) is 0 Å². The molecule has 27 heavy (non-hydrogen) atoms. The summed E-state index contributed by atoms with van der Waals surface area (Å²) in [4.78, 5) is 40.6. The number of aryl methyl sites for hydroxylation is 1. The van der Waals surface area contributed by atoms with Gasteiger partial charge in [0, 0.05) is 16.0 Å². The van der Waals surface area contributed by atoms with Crippen LogP contribution in [-0.2, 0) is 19.3 Å². The Morgan fingerprint density at radius 1 is 1.26 bits per heavy atom. The second-order valence-electron chi connectivity index (χ2n) is 7.63. The number of hydrogen-bond donors (Lipinski definition) is 3. The van der Waals surface area contributed by atoms with Crippen LogP contribution in [0.15, 0.2) is 16.2 Å². The molecule has 142 valence electrons. The predicted octanol–water partition coefficient (Wildman–Crippen LogP) is 2.47. The van der Waals surface area contributed by atoms with Crippen LogP contribution in [0.4, 0.5) is 0 Å². The number of rotatable bonds is 3. The molecule has 2 unspecified atom stereocenters. The number of aromatic nitrogens is 1. The summed E-state index contributed by atoms with van der Waals surface area (Å²) in [5, 5.41) is 5.08. The van der Waals surface area contributed by atoms with Gasteiger partial charge in [0.2, 0.25) is 0 Å². The lowest BCUT2D eigenvalue weighted by Crippen LogP contribution is -2.34. The van der Waals surface area contributed by atoms with Gasteiger partial charge in [0.05, 0.1) is 11.6 Å². The molecule has 2 aromatic rings. The third kappa shape index (κ3) is 3.32. The monoisotopic (exact) mass is 385 g/mol. The summed E-state index contributed by atoms with van der Waals surface area (Å²) in [6.07, 6.45) is 5.46. The van der Waals surface area contributed by atoms with Crippen molar-refractivity contribution in [1.82, 2.24) is 10.3 Å². The molecule has 2 aliphatic rings. The SMILES string of the molecule is CC1CCc2c(C(=O)NC3CCCc4[nH]c(=O)c(C(N)=O)cc43)csc2C1. The first-order valence-electron chi connectivity index (χ1n) is 9.40. The zero-order chi connectivity index (χ0) is 19.1. The number of carbonyl (C=O) groups is 2. The van der Waals surface area contributed by atoms with Gasteiger partial charge in [0.25, 0.3) is 17.4 Å². The van der Waals surface area contributed by atoms with E-state index in [0.29, 0.717) is 5.92 Å². The molecule has 4 rings (SSSR count). The highest BCUT2D eigenvalue weighted by atomic mass is 32.1. The minimum atomic E-state index is -0.754. The predicted molar refractivity (Wildman–Crippen MR) is 104 cm³/mol. The van der Waals surface area contributed by atoms with Gasteiger partial charge in [-0.2, -0.15) is 0 Å². The van der Waals surface area contributed by atoms with Crippen molar-refractivity contribution in [3.05, 3.63) is 54.6 Å². The molecular formula is C20H23N3O3S. The third-order valence-corrected chi connectivity index (χ3v) is 6.72. The molecule has 0 saturated carbocycles. The number of primary amides is 1. The van der Waals surface area contributed by atoms with Crippen molar-refractivity contribution < 1.29 is 9.59 Å². The van der Waals surface area contributed by atoms with Crippen LogP contribution in [0.3, 0.4) is 0 Å². The average Bonchev–Trinajstić information content (AvgIpc) is 3.04. The molecule has 7 heteroatoms. The van der Waals surface area contributed by atoms with E-state index in [0.717, 1.165) is 55.3 Å². The molecule has 2 aromatic heterocycles. The smallest absolute Gasteiger partial charge is 0.261 e. The quantitative estimate of drug-likeness (QED) is 0.756. The fourth-order valence-electron chi connectivity index (χ4n) is 4.18. The highest BCUT2D eigenvalue weighted by Crippen LogP contribution is 2.34. The van der Waals surface area contributed by atoms with Crippen LogP contribution < -0.4 is 16.6 Å². The van der Waals surface area contributed by atoms with Crippen LogP contribution in [0.2, 0.25) is 0 Å². The lowest BCUT2D eigenvalue weighted by molar-refractivity contribution is 0.0931. The molecule has 4 N–H and O–H groups in total. The lowest BCUT2D eigenvalue weighted by Gasteiger charge is -2.27. The van der Waals surface area contributed by atoms with E-state index in [1.807, 2.05) is 5.38 Å². The first kappa shape index (κ1) is 18.0. The van der Waals surface area contributed by atoms with Gasteiger partial charge in [-0.05, 0) is 61.6 Å². The zero-order valence-electron chi connectivity index (χ0n) is 15.3. The topological polar surface area (TPSA) is 105 Å². The number of nitrogens with one attached hydrogen (secondary N) is 2. The standard InChI is InChI=1S/C20H23N3O3S/c1-10-5-6-11-14(9-27-17(11)7-10)20(26)23-16-4-2-3-15-12(16)8-13(18(21)24)19(25)22-15/h8-10,16H,2-7H2,1H3,(H2,21,24)(H,22,25)(H,23,26). The number of fused-ring (bicyclic) bond motifs is 2. The number of hydrogen-bond acceptors (Lipinski definition) is 4.